The molecule has 0 aliphatic carbocycles. The van der Waals surface area contributed by atoms with Gasteiger partial charge in [0.1, 0.15) is 0 Å². The molecule has 0 bridgehead atoms. The average molecular weight is 333 g/mol. The highest BCUT2D eigenvalue weighted by Crippen LogP contribution is 2.19. The Morgan fingerprint density at radius 2 is 1.79 bits per heavy atom. The molecule has 0 fully saturated rings. The number of benzene rings is 2. The van der Waals surface area contributed by atoms with Crippen molar-refractivity contribution in [1.82, 2.24) is 0 Å². The highest BCUT2D eigenvalue weighted by molar-refractivity contribution is 9.10. The van der Waals surface area contributed by atoms with Gasteiger partial charge < -0.3 is 0 Å². The molecule has 98 valence electrons. The van der Waals surface area contributed by atoms with Crippen LogP contribution in [-0.2, 0) is 5.75 Å². The van der Waals surface area contributed by atoms with E-state index in [1.807, 2.05) is 11.8 Å². The lowest BCUT2D eigenvalue weighted by Crippen LogP contribution is -1.84. The van der Waals surface area contributed by atoms with Crippen LogP contribution in [0.4, 0.5) is 0 Å². The largest absolute Gasteiger partial charge is 0.129 e. The first kappa shape index (κ1) is 14.4. The van der Waals surface area contributed by atoms with Gasteiger partial charge in [0.25, 0.3) is 0 Å². The van der Waals surface area contributed by atoms with Crippen LogP contribution in [0.15, 0.2) is 52.3 Å². The smallest absolute Gasteiger partial charge is 0.0226 e. The minimum atomic E-state index is 1.01. The quantitative estimate of drug-likeness (QED) is 0.664. The Morgan fingerprint density at radius 1 is 1.05 bits per heavy atom. The van der Waals surface area contributed by atoms with Crippen molar-refractivity contribution in [1.29, 1.82) is 0 Å². The third-order valence-electron chi connectivity index (χ3n) is 3.15. The number of rotatable bonds is 4. The Hall–Kier alpha value is -0.990. The van der Waals surface area contributed by atoms with Crippen LogP contribution in [0.3, 0.4) is 0 Å². The summed E-state index contributed by atoms with van der Waals surface area (Å²) in [5, 5.41) is 2.18. The van der Waals surface area contributed by atoms with E-state index in [9.17, 15) is 0 Å². The Morgan fingerprint density at radius 3 is 2.53 bits per heavy atom. The summed E-state index contributed by atoms with van der Waals surface area (Å²) in [5.74, 6) is 1.01. The summed E-state index contributed by atoms with van der Waals surface area (Å²) in [6.45, 7) is 4.33. The van der Waals surface area contributed by atoms with Crippen LogP contribution in [0.2, 0.25) is 0 Å². The molecule has 0 N–H and O–H groups in total. The topological polar surface area (TPSA) is 0 Å². The monoisotopic (exact) mass is 332 g/mol. The number of aryl methyl sites for hydroxylation is 1. The van der Waals surface area contributed by atoms with Gasteiger partial charge in [0, 0.05) is 10.2 Å². The van der Waals surface area contributed by atoms with Gasteiger partial charge in [-0.1, -0.05) is 46.3 Å². The summed E-state index contributed by atoms with van der Waals surface area (Å²) in [4.78, 5) is 0. The molecule has 0 atom stereocenters. The fraction of sp³-hybridized carbons (Fsp3) is 0.176. The first-order valence-corrected chi connectivity index (χ1v) is 8.10. The molecule has 0 nitrogen and oxygen atoms in total. The van der Waals surface area contributed by atoms with Crippen LogP contribution >= 0.6 is 27.7 Å². The van der Waals surface area contributed by atoms with Gasteiger partial charge in [0.15, 0.2) is 0 Å². The van der Waals surface area contributed by atoms with Gasteiger partial charge >= 0.3 is 0 Å². The van der Waals surface area contributed by atoms with E-state index in [4.69, 9.17) is 0 Å². The summed E-state index contributed by atoms with van der Waals surface area (Å²) in [5.41, 5.74) is 5.37. The third kappa shape index (κ3) is 4.26. The Labute approximate surface area is 128 Å². The van der Waals surface area contributed by atoms with Crippen LogP contribution in [-0.4, -0.2) is 0 Å². The zero-order chi connectivity index (χ0) is 13.7. The van der Waals surface area contributed by atoms with E-state index in [1.54, 1.807) is 0 Å². The van der Waals surface area contributed by atoms with Crippen LogP contribution < -0.4 is 0 Å². The second-order valence-electron chi connectivity index (χ2n) is 4.53. The van der Waals surface area contributed by atoms with Crippen molar-refractivity contribution >= 4 is 33.8 Å². The van der Waals surface area contributed by atoms with Gasteiger partial charge in [-0.05, 0) is 59.7 Å². The fourth-order valence-electron chi connectivity index (χ4n) is 1.80. The Kier molecular flexibility index (Phi) is 5.29. The molecule has 0 saturated heterocycles. The lowest BCUT2D eigenvalue weighted by atomic mass is 10.0. The molecule has 0 aromatic heterocycles. The van der Waals surface area contributed by atoms with Crippen molar-refractivity contribution < 1.29 is 0 Å². The molecule has 2 aromatic rings. The van der Waals surface area contributed by atoms with Crippen molar-refractivity contribution in [3.8, 4) is 0 Å². The predicted molar refractivity (Wildman–Crippen MR) is 90.4 cm³/mol. The lowest BCUT2D eigenvalue weighted by molar-refractivity contribution is 1.33. The molecule has 0 aliphatic rings. The van der Waals surface area contributed by atoms with Crippen molar-refractivity contribution in [2.24, 2.45) is 0 Å². The lowest BCUT2D eigenvalue weighted by Gasteiger charge is -2.03. The maximum atomic E-state index is 3.45. The SMILES string of the molecule is Cc1cccc(/C=C\SCc2ccc(Br)cc2)c1C. The van der Waals surface area contributed by atoms with Crippen molar-refractivity contribution in [2.75, 3.05) is 0 Å². The molecule has 2 rings (SSSR count). The van der Waals surface area contributed by atoms with Crippen molar-refractivity contribution in [2.45, 2.75) is 19.6 Å². The van der Waals surface area contributed by atoms with E-state index in [2.05, 4.69) is 83.7 Å². The van der Waals surface area contributed by atoms with Gasteiger partial charge in [-0.15, -0.1) is 11.8 Å². The van der Waals surface area contributed by atoms with Crippen LogP contribution in [0.5, 0.6) is 0 Å². The molecular formula is C17H17BrS. The molecule has 0 heterocycles. The maximum Gasteiger partial charge on any atom is 0.0226 e. The number of thioether (sulfide) groups is 1. The van der Waals surface area contributed by atoms with Crippen molar-refractivity contribution in [3.63, 3.8) is 0 Å². The third-order valence-corrected chi connectivity index (χ3v) is 4.51. The van der Waals surface area contributed by atoms with Gasteiger partial charge in [-0.2, -0.15) is 0 Å². The predicted octanol–water partition coefficient (Wildman–Crippen LogP) is 5.97. The molecule has 0 radical (unpaired) electrons. The summed E-state index contributed by atoms with van der Waals surface area (Å²) < 4.78 is 1.13. The molecule has 0 spiro atoms. The summed E-state index contributed by atoms with van der Waals surface area (Å²) in [6.07, 6.45) is 2.20. The Bertz CT molecular complexity index is 570. The van der Waals surface area contributed by atoms with Gasteiger partial charge in [0.2, 0.25) is 0 Å². The number of halogens is 1. The van der Waals surface area contributed by atoms with E-state index in [0.29, 0.717) is 0 Å². The molecule has 19 heavy (non-hydrogen) atoms. The normalized spacial score (nSPS) is 11.1. The molecule has 2 heteroatoms. The zero-order valence-corrected chi connectivity index (χ0v) is 13.6. The highest BCUT2D eigenvalue weighted by Gasteiger charge is 1.96. The van der Waals surface area contributed by atoms with Gasteiger partial charge in [-0.25, -0.2) is 0 Å². The second kappa shape index (κ2) is 6.97. The summed E-state index contributed by atoms with van der Waals surface area (Å²) in [6, 6.07) is 14.9. The van der Waals surface area contributed by atoms with Gasteiger partial charge in [0.05, 0.1) is 0 Å². The minimum absolute atomic E-state index is 1.01. The molecule has 0 unspecified atom stereocenters. The number of hydrogen-bond acceptors (Lipinski definition) is 1. The summed E-state index contributed by atoms with van der Waals surface area (Å²) in [7, 11) is 0. The Balaban J connectivity index is 1.93. The number of hydrogen-bond donors (Lipinski definition) is 0. The average Bonchev–Trinajstić information content (AvgIpc) is 2.41. The first-order valence-electron chi connectivity index (χ1n) is 6.25. The highest BCUT2D eigenvalue weighted by atomic mass is 79.9. The molecule has 0 aliphatic heterocycles. The summed E-state index contributed by atoms with van der Waals surface area (Å²) >= 11 is 5.28. The molecular weight excluding hydrogens is 316 g/mol. The standard InChI is InChI=1S/C17H17BrS/c1-13-4-3-5-16(14(13)2)10-11-19-12-15-6-8-17(18)9-7-15/h3-11H,12H2,1-2H3/b11-10-. The van der Waals surface area contributed by atoms with E-state index in [0.717, 1.165) is 10.2 Å². The van der Waals surface area contributed by atoms with Crippen LogP contribution in [0.1, 0.15) is 22.3 Å². The molecule has 0 saturated carbocycles. The van der Waals surface area contributed by atoms with E-state index in [1.165, 1.54) is 22.3 Å². The van der Waals surface area contributed by atoms with Crippen LogP contribution in [0, 0.1) is 13.8 Å². The van der Waals surface area contributed by atoms with Crippen LogP contribution in [0.25, 0.3) is 6.08 Å². The maximum absolute atomic E-state index is 3.45. The van der Waals surface area contributed by atoms with E-state index in [-0.39, 0.29) is 0 Å². The second-order valence-corrected chi connectivity index (χ2v) is 6.34. The van der Waals surface area contributed by atoms with E-state index < -0.39 is 0 Å². The minimum Gasteiger partial charge on any atom is -0.129 e. The molecule has 0 amide bonds. The first-order chi connectivity index (χ1) is 9.16. The zero-order valence-electron chi connectivity index (χ0n) is 11.2. The van der Waals surface area contributed by atoms with Gasteiger partial charge in [-0.3, -0.25) is 0 Å². The fourth-order valence-corrected chi connectivity index (χ4v) is 2.79. The molecule has 2 aromatic carbocycles. The van der Waals surface area contributed by atoms with E-state index >= 15 is 0 Å². The van der Waals surface area contributed by atoms with Crippen molar-refractivity contribution in [3.05, 3.63) is 74.6 Å².